The number of aromatic nitrogens is 4. The first-order valence-corrected chi connectivity index (χ1v) is 25.1. The van der Waals surface area contributed by atoms with Crippen LogP contribution in [-0.2, 0) is 23.8 Å². The Morgan fingerprint density at radius 1 is 0.792 bits per heavy atom. The second kappa shape index (κ2) is 20.5. The van der Waals surface area contributed by atoms with Crippen LogP contribution in [0.15, 0.2) is 48.5 Å². The van der Waals surface area contributed by atoms with Gasteiger partial charge in [-0.15, -0.1) is 0 Å². The molecular weight excluding hydrogens is 931 g/mol. The number of halogens is 2. The highest BCUT2D eigenvalue weighted by Gasteiger charge is 2.46. The fraction of sp³-hybridized carbons (Fsp3) is 0.538. The van der Waals surface area contributed by atoms with Crippen molar-refractivity contribution in [3.63, 3.8) is 0 Å². The highest BCUT2D eigenvalue weighted by atomic mass is 19.1. The Labute approximate surface area is 417 Å². The van der Waals surface area contributed by atoms with Gasteiger partial charge in [-0.3, -0.25) is 9.59 Å². The number of piperidine rings is 1. The summed E-state index contributed by atoms with van der Waals surface area (Å²) < 4.78 is 49.2. The van der Waals surface area contributed by atoms with Crippen LogP contribution in [0, 0.1) is 17.6 Å². The minimum Gasteiger partial charge on any atom is -0.465 e. The molecule has 386 valence electrons. The molecule has 4 aliphatic rings. The number of benzene rings is 3. The van der Waals surface area contributed by atoms with Gasteiger partial charge in [-0.25, -0.2) is 28.3 Å². The molecule has 5 N–H and O–H groups in total. The second-order valence-corrected chi connectivity index (χ2v) is 20.3. The average molecular weight is 997 g/mol. The molecule has 4 fully saturated rings. The van der Waals surface area contributed by atoms with E-state index in [1.165, 1.54) is 19.2 Å². The van der Waals surface area contributed by atoms with Crippen molar-refractivity contribution >= 4 is 57.4 Å². The van der Waals surface area contributed by atoms with Gasteiger partial charge in [0.2, 0.25) is 11.8 Å². The predicted molar refractivity (Wildman–Crippen MR) is 266 cm³/mol. The van der Waals surface area contributed by atoms with Crippen LogP contribution in [0.25, 0.3) is 22.1 Å². The Morgan fingerprint density at radius 2 is 1.32 bits per heavy atom. The summed E-state index contributed by atoms with van der Waals surface area (Å²) in [6, 6.07) is 12.3. The highest BCUT2D eigenvalue weighted by Crippen LogP contribution is 2.49. The van der Waals surface area contributed by atoms with Gasteiger partial charge in [0.1, 0.15) is 28.9 Å². The number of carboxylic acid groups (broad SMARTS) is 1. The maximum Gasteiger partial charge on any atom is 0.407 e. The lowest BCUT2D eigenvalue weighted by molar-refractivity contribution is -0.139. The Bertz CT molecular complexity index is 2810. The van der Waals surface area contributed by atoms with E-state index in [2.05, 4.69) is 25.5 Å². The Balaban J connectivity index is 1.06. The summed E-state index contributed by atoms with van der Waals surface area (Å²) in [5, 5.41) is 14.7. The number of methoxy groups -OCH3 is 3. The molecule has 4 amide bonds. The molecule has 8 atom stereocenters. The van der Waals surface area contributed by atoms with Crippen molar-refractivity contribution in [2.24, 2.45) is 5.92 Å². The number of rotatable bonds is 14. The lowest BCUT2D eigenvalue weighted by Gasteiger charge is -2.35. The van der Waals surface area contributed by atoms with Crippen LogP contribution in [0.4, 0.5) is 29.7 Å². The Morgan fingerprint density at radius 3 is 1.81 bits per heavy atom. The standard InChI is InChI=1S/C52H66F2N10O8/c1-8-52(4,60-50(67)68)49(66)63-27-33(71-6)25-43(63)47-56-37-15-13-30(21-39(37)58-47)41-17-16-40(64(41)31-22-34(53)45(35(54)23-31)61-18-10-9-11-19-61)29-12-14-36-38(20-29)57-46(55-36)42-24-32(70-5)26-62(42)48(65)44(28(2)3)59-51(69)72-7/h12-15,20-23,28,32-33,40-44,60H,8-11,16-19,24-27H2,1-7H3,(H,55,57)(H,56,58)(H,59,69)(H,67,68)/t32-,33-,40+,41+,42-,43-,44-,52-/m0/s1. The maximum atomic E-state index is 16.5. The number of nitrogens with one attached hydrogen (secondary N) is 4. The van der Waals surface area contributed by atoms with Crippen molar-refractivity contribution in [1.82, 2.24) is 40.4 Å². The number of anilines is 2. The average Bonchev–Trinajstić information content (AvgIpc) is 4.23. The van der Waals surface area contributed by atoms with Gasteiger partial charge in [-0.05, 0) is 98.9 Å². The van der Waals surface area contributed by atoms with Gasteiger partial charge >= 0.3 is 12.2 Å². The molecule has 0 aliphatic carbocycles. The van der Waals surface area contributed by atoms with Gasteiger partial charge in [0.15, 0.2) is 11.6 Å². The smallest absolute Gasteiger partial charge is 0.407 e. The van der Waals surface area contributed by atoms with Gasteiger partial charge in [0.05, 0.1) is 65.6 Å². The Kier molecular flexibility index (Phi) is 14.4. The molecule has 72 heavy (non-hydrogen) atoms. The van der Waals surface area contributed by atoms with Crippen LogP contribution < -0.4 is 20.4 Å². The van der Waals surface area contributed by atoms with Crippen molar-refractivity contribution < 1.29 is 47.3 Å². The SMILES string of the molecule is CC[C@](C)(NC(=O)O)C(=O)N1C[C@@H](OC)C[C@H]1c1nc2cc([C@H]3CC[C@H](c4ccc5[nH]c([C@@H]6C[C@H](OC)CN6C(=O)[C@@H](NC(=O)OC)C(C)C)nc5c4)N3c3cc(F)c(N4CCCCC4)c(F)c3)ccc2[nH]1. The monoisotopic (exact) mass is 997 g/mol. The number of carbonyl (C=O) groups is 4. The van der Waals surface area contributed by atoms with Crippen molar-refractivity contribution in [1.29, 1.82) is 0 Å². The molecule has 0 spiro atoms. The molecule has 3 aromatic carbocycles. The van der Waals surface area contributed by atoms with Crippen LogP contribution in [-0.4, -0.2) is 130 Å². The van der Waals surface area contributed by atoms with Crippen LogP contribution >= 0.6 is 0 Å². The van der Waals surface area contributed by atoms with E-state index >= 15 is 8.78 Å². The molecule has 0 saturated carbocycles. The number of alkyl carbamates (subject to hydrolysis) is 1. The number of imidazole rings is 2. The fourth-order valence-corrected chi connectivity index (χ4v) is 11.4. The van der Waals surface area contributed by atoms with E-state index in [4.69, 9.17) is 24.2 Å². The topological polar surface area (TPSA) is 211 Å². The number of ether oxygens (including phenoxy) is 3. The van der Waals surface area contributed by atoms with E-state index in [9.17, 15) is 24.3 Å². The molecule has 4 aliphatic heterocycles. The van der Waals surface area contributed by atoms with E-state index in [0.717, 1.165) is 41.4 Å². The second-order valence-electron chi connectivity index (χ2n) is 20.3. The fourth-order valence-electron chi connectivity index (χ4n) is 11.4. The third-order valence-corrected chi connectivity index (χ3v) is 15.5. The molecular formula is C52H66F2N10O8. The predicted octanol–water partition coefficient (Wildman–Crippen LogP) is 8.18. The molecule has 5 aromatic rings. The first-order chi connectivity index (χ1) is 34.5. The van der Waals surface area contributed by atoms with Gasteiger partial charge in [0.25, 0.3) is 0 Å². The van der Waals surface area contributed by atoms with Gasteiger partial charge in [0, 0.05) is 58.9 Å². The quantitative estimate of drug-likeness (QED) is 0.0713. The summed E-state index contributed by atoms with van der Waals surface area (Å²) in [4.78, 5) is 76.5. The molecule has 18 nitrogen and oxygen atoms in total. The minimum absolute atomic E-state index is 0.00854. The van der Waals surface area contributed by atoms with Gasteiger partial charge in [-0.1, -0.05) is 32.9 Å². The molecule has 20 heteroatoms. The van der Waals surface area contributed by atoms with E-state index in [1.807, 2.05) is 50.2 Å². The molecule has 0 radical (unpaired) electrons. The number of fused-ring (bicyclic) bond motifs is 2. The van der Waals surface area contributed by atoms with Crippen molar-refractivity contribution in [3.05, 3.63) is 82.9 Å². The molecule has 4 saturated heterocycles. The third-order valence-electron chi connectivity index (χ3n) is 15.5. The number of nitrogens with zero attached hydrogens (tertiary/aromatic N) is 6. The van der Waals surface area contributed by atoms with Crippen LogP contribution in [0.5, 0.6) is 0 Å². The number of carbonyl (C=O) groups excluding carboxylic acids is 3. The largest absolute Gasteiger partial charge is 0.465 e. The van der Waals surface area contributed by atoms with Crippen LogP contribution in [0.2, 0.25) is 0 Å². The summed E-state index contributed by atoms with van der Waals surface area (Å²) in [5.74, 6) is -1.01. The van der Waals surface area contributed by atoms with Crippen molar-refractivity contribution in [2.75, 3.05) is 57.3 Å². The van der Waals surface area contributed by atoms with E-state index in [1.54, 1.807) is 42.8 Å². The zero-order chi connectivity index (χ0) is 51.2. The number of hydrogen-bond donors (Lipinski definition) is 5. The molecule has 6 heterocycles. The maximum absolute atomic E-state index is 16.5. The molecule has 9 rings (SSSR count). The lowest BCUT2D eigenvalue weighted by atomic mass is 9.96. The van der Waals surface area contributed by atoms with Crippen molar-refractivity contribution in [3.8, 4) is 0 Å². The summed E-state index contributed by atoms with van der Waals surface area (Å²) in [5.41, 5.74) is 3.56. The molecule has 0 unspecified atom stereocenters. The number of aromatic amines is 2. The van der Waals surface area contributed by atoms with E-state index in [-0.39, 0.29) is 60.7 Å². The summed E-state index contributed by atoms with van der Waals surface area (Å²) >= 11 is 0. The van der Waals surface area contributed by atoms with Crippen molar-refractivity contribution in [2.45, 2.75) is 127 Å². The van der Waals surface area contributed by atoms with Crippen LogP contribution in [0.3, 0.4) is 0 Å². The van der Waals surface area contributed by atoms with E-state index < -0.39 is 47.5 Å². The third kappa shape index (κ3) is 9.62. The van der Waals surface area contributed by atoms with Gasteiger partial charge in [-0.2, -0.15) is 0 Å². The van der Waals surface area contributed by atoms with Gasteiger partial charge < -0.3 is 59.5 Å². The minimum atomic E-state index is -1.36. The molecule has 2 aromatic heterocycles. The zero-order valence-electron chi connectivity index (χ0n) is 42.0. The Hall–Kier alpha value is -6.54. The normalized spacial score (nSPS) is 23.8. The summed E-state index contributed by atoms with van der Waals surface area (Å²) in [6.45, 7) is 8.78. The number of amides is 4. The van der Waals surface area contributed by atoms with Crippen LogP contribution in [0.1, 0.15) is 126 Å². The first-order valence-electron chi connectivity index (χ1n) is 25.1. The summed E-state index contributed by atoms with van der Waals surface area (Å²) in [7, 11) is 4.45. The first kappa shape index (κ1) is 50.4. The number of likely N-dealkylation sites (tertiary alicyclic amines) is 2. The lowest BCUT2D eigenvalue weighted by Crippen LogP contribution is -2.57. The highest BCUT2D eigenvalue weighted by molar-refractivity contribution is 5.90. The molecule has 0 bridgehead atoms. The number of hydrogen-bond acceptors (Lipinski definition) is 11. The zero-order valence-corrected chi connectivity index (χ0v) is 42.0. The summed E-state index contributed by atoms with van der Waals surface area (Å²) in [6.07, 6.45) is 2.63. The van der Waals surface area contributed by atoms with E-state index in [0.29, 0.717) is 73.7 Å². The number of H-pyrrole nitrogens is 2.